The van der Waals surface area contributed by atoms with Gasteiger partial charge >= 0.3 is 10.8 Å². The highest BCUT2D eigenvalue weighted by atomic mass is 35.5. The van der Waals surface area contributed by atoms with Gasteiger partial charge in [0.25, 0.3) is 0 Å². The number of thiazole rings is 1. The molecule has 3 aromatic carbocycles. The van der Waals surface area contributed by atoms with Crippen molar-refractivity contribution in [1.29, 1.82) is 0 Å². The van der Waals surface area contributed by atoms with Crippen LogP contribution in [-0.2, 0) is 0 Å². The maximum Gasteiger partial charge on any atom is 0.391 e. The van der Waals surface area contributed by atoms with E-state index in [1.165, 1.54) is 11.3 Å². The van der Waals surface area contributed by atoms with Crippen LogP contribution in [0.3, 0.4) is 0 Å². The highest BCUT2D eigenvalue weighted by Crippen LogP contribution is 2.37. The summed E-state index contributed by atoms with van der Waals surface area (Å²) in [7, 11) is 0. The van der Waals surface area contributed by atoms with E-state index in [1.54, 1.807) is 4.40 Å². The summed E-state index contributed by atoms with van der Waals surface area (Å²) in [5, 5.41) is 12.5. The van der Waals surface area contributed by atoms with Crippen LogP contribution in [0.4, 0.5) is 0 Å². The van der Waals surface area contributed by atoms with Gasteiger partial charge in [0.2, 0.25) is 0 Å². The predicted molar refractivity (Wildman–Crippen MR) is 110 cm³/mol. The van der Waals surface area contributed by atoms with Crippen LogP contribution in [0.25, 0.3) is 37.6 Å². The van der Waals surface area contributed by atoms with E-state index in [4.69, 9.17) is 16.6 Å². The molecule has 0 saturated carbocycles. The Morgan fingerprint density at radius 1 is 0.852 bits per heavy atom. The third-order valence-corrected chi connectivity index (χ3v) is 5.86. The molecule has 0 amide bonds. The molecular weight excluding hydrogens is 376 g/mol. The zero-order chi connectivity index (χ0) is 18.4. The van der Waals surface area contributed by atoms with E-state index < -0.39 is 0 Å². The van der Waals surface area contributed by atoms with Crippen LogP contribution in [0.5, 0.6) is 5.88 Å². The molecule has 0 aliphatic carbocycles. The standard InChI is InChI=1S/C22H13ClN2OS/c23-16-11-12-18-17(13-16)19(14-7-3-1-4-8-14)24-22-25(18)21(26)20(27-22)15-9-5-2-6-10-15/h1-13H/p+1. The summed E-state index contributed by atoms with van der Waals surface area (Å²) in [5.74, 6) is 0.195. The normalized spacial score (nSPS) is 11.3. The molecule has 5 rings (SSSR count). The van der Waals surface area contributed by atoms with Crippen LogP contribution in [0, 0.1) is 0 Å². The Hall–Kier alpha value is -2.95. The first-order valence-corrected chi connectivity index (χ1v) is 9.69. The fourth-order valence-electron chi connectivity index (χ4n) is 3.31. The molecule has 27 heavy (non-hydrogen) atoms. The highest BCUT2D eigenvalue weighted by Gasteiger charge is 2.26. The number of hydrogen-bond acceptors (Lipinski definition) is 3. The van der Waals surface area contributed by atoms with Gasteiger partial charge in [-0.05, 0) is 40.1 Å². The SMILES string of the molecule is Oc1c(-c2ccccc2)sc2nc(-c3ccccc3)c3cc(Cl)ccc3[n+]12. The van der Waals surface area contributed by atoms with E-state index in [-0.39, 0.29) is 5.88 Å². The van der Waals surface area contributed by atoms with Crippen molar-refractivity contribution in [2.24, 2.45) is 0 Å². The van der Waals surface area contributed by atoms with Gasteiger partial charge in [-0.2, -0.15) is 0 Å². The third-order valence-electron chi connectivity index (χ3n) is 4.54. The Bertz CT molecular complexity index is 1280. The zero-order valence-corrected chi connectivity index (χ0v) is 15.7. The molecule has 0 fully saturated rings. The van der Waals surface area contributed by atoms with E-state index in [0.717, 1.165) is 37.6 Å². The second kappa shape index (κ2) is 6.34. The summed E-state index contributed by atoms with van der Waals surface area (Å²) >= 11 is 7.75. The fraction of sp³-hybridized carbons (Fsp3) is 0. The predicted octanol–water partition coefficient (Wildman–Crippen LogP) is 5.73. The second-order valence-corrected chi connectivity index (χ2v) is 7.64. The Balaban J connectivity index is 1.90. The van der Waals surface area contributed by atoms with Crippen molar-refractivity contribution in [3.8, 4) is 27.6 Å². The number of aromatic nitrogens is 2. The number of benzene rings is 3. The average molecular weight is 390 g/mol. The van der Waals surface area contributed by atoms with Crippen LogP contribution in [0.2, 0.25) is 5.02 Å². The Labute approximate surface area is 164 Å². The quantitative estimate of drug-likeness (QED) is 0.391. The molecule has 0 aliphatic rings. The van der Waals surface area contributed by atoms with Crippen LogP contribution >= 0.6 is 22.9 Å². The minimum atomic E-state index is 0.195. The molecule has 0 aliphatic heterocycles. The van der Waals surface area contributed by atoms with Crippen LogP contribution in [-0.4, -0.2) is 10.1 Å². The van der Waals surface area contributed by atoms with Crippen molar-refractivity contribution >= 4 is 38.8 Å². The Kier molecular flexibility index (Phi) is 3.81. The van der Waals surface area contributed by atoms with Crippen LogP contribution < -0.4 is 4.40 Å². The molecule has 5 heteroatoms. The van der Waals surface area contributed by atoms with E-state index in [0.29, 0.717) is 5.02 Å². The van der Waals surface area contributed by atoms with E-state index in [1.807, 2.05) is 78.9 Å². The number of nitrogens with zero attached hydrogens (tertiary/aromatic N) is 2. The number of rotatable bonds is 2. The minimum absolute atomic E-state index is 0.195. The van der Waals surface area contributed by atoms with Crippen molar-refractivity contribution < 1.29 is 9.51 Å². The lowest BCUT2D eigenvalue weighted by Gasteiger charge is -2.02. The van der Waals surface area contributed by atoms with Gasteiger partial charge in [-0.25, -0.2) is 0 Å². The largest absolute Gasteiger partial charge is 0.476 e. The number of hydrogen-bond donors (Lipinski definition) is 1. The molecule has 5 aromatic rings. The maximum atomic E-state index is 11.0. The van der Waals surface area contributed by atoms with Crippen molar-refractivity contribution in [2.45, 2.75) is 0 Å². The summed E-state index contributed by atoms with van der Waals surface area (Å²) in [6.07, 6.45) is 0. The van der Waals surface area contributed by atoms with Gasteiger partial charge in [-0.1, -0.05) is 72.3 Å². The minimum Gasteiger partial charge on any atom is -0.476 e. The summed E-state index contributed by atoms with van der Waals surface area (Å²) in [6, 6.07) is 25.6. The van der Waals surface area contributed by atoms with Gasteiger partial charge in [0, 0.05) is 10.6 Å². The zero-order valence-electron chi connectivity index (χ0n) is 14.1. The summed E-state index contributed by atoms with van der Waals surface area (Å²) in [4.78, 5) is 6.42. The van der Waals surface area contributed by atoms with Crippen molar-refractivity contribution in [3.05, 3.63) is 83.9 Å². The fourth-order valence-corrected chi connectivity index (χ4v) is 4.51. The first-order valence-electron chi connectivity index (χ1n) is 8.50. The molecule has 0 unspecified atom stereocenters. The summed E-state index contributed by atoms with van der Waals surface area (Å²) < 4.78 is 1.80. The molecule has 3 nitrogen and oxygen atoms in total. The first-order chi connectivity index (χ1) is 13.2. The molecule has 0 radical (unpaired) electrons. The van der Waals surface area contributed by atoms with Crippen molar-refractivity contribution in [2.75, 3.05) is 0 Å². The van der Waals surface area contributed by atoms with Gasteiger partial charge in [-0.15, -0.1) is 4.40 Å². The lowest BCUT2D eigenvalue weighted by molar-refractivity contribution is -0.490. The van der Waals surface area contributed by atoms with Crippen molar-refractivity contribution in [1.82, 2.24) is 4.98 Å². The summed E-state index contributed by atoms with van der Waals surface area (Å²) in [5.41, 5.74) is 3.71. The lowest BCUT2D eigenvalue weighted by atomic mass is 10.1. The van der Waals surface area contributed by atoms with E-state index >= 15 is 0 Å². The lowest BCUT2D eigenvalue weighted by Crippen LogP contribution is -2.22. The topological polar surface area (TPSA) is 37.2 Å². The smallest absolute Gasteiger partial charge is 0.391 e. The van der Waals surface area contributed by atoms with Gasteiger partial charge in [0.05, 0.1) is 5.39 Å². The second-order valence-electron chi connectivity index (χ2n) is 6.23. The molecule has 1 N–H and O–H groups in total. The molecule has 0 saturated heterocycles. The third kappa shape index (κ3) is 2.65. The first kappa shape index (κ1) is 16.2. The van der Waals surface area contributed by atoms with Crippen molar-refractivity contribution in [3.63, 3.8) is 0 Å². The van der Waals surface area contributed by atoms with E-state index in [9.17, 15) is 5.11 Å². The average Bonchev–Trinajstić information content (AvgIpc) is 3.05. The molecule has 2 heterocycles. The molecular formula is C22H14ClN2OS+. The molecule has 2 aromatic heterocycles. The maximum absolute atomic E-state index is 11.0. The number of fused-ring (bicyclic) bond motifs is 3. The molecule has 130 valence electrons. The van der Waals surface area contributed by atoms with E-state index in [2.05, 4.69) is 0 Å². The molecule has 0 atom stereocenters. The van der Waals surface area contributed by atoms with Crippen LogP contribution in [0.1, 0.15) is 0 Å². The summed E-state index contributed by atoms with van der Waals surface area (Å²) in [6.45, 7) is 0. The number of aromatic hydroxyl groups is 1. The van der Waals surface area contributed by atoms with Gasteiger partial charge < -0.3 is 5.11 Å². The Morgan fingerprint density at radius 3 is 2.22 bits per heavy atom. The highest BCUT2D eigenvalue weighted by molar-refractivity contribution is 7.20. The number of halogens is 1. The monoisotopic (exact) mass is 389 g/mol. The van der Waals surface area contributed by atoms with Gasteiger partial charge in [0.15, 0.2) is 5.69 Å². The molecule has 0 bridgehead atoms. The van der Waals surface area contributed by atoms with Gasteiger partial charge in [-0.3, -0.25) is 0 Å². The van der Waals surface area contributed by atoms with Crippen LogP contribution in [0.15, 0.2) is 78.9 Å². The Morgan fingerprint density at radius 2 is 1.52 bits per heavy atom. The molecule has 0 spiro atoms. The van der Waals surface area contributed by atoms with Gasteiger partial charge in [0.1, 0.15) is 10.4 Å².